The van der Waals surface area contributed by atoms with E-state index in [1.54, 1.807) is 12.1 Å². The van der Waals surface area contributed by atoms with Crippen molar-refractivity contribution in [2.24, 2.45) is 0 Å². The molecule has 0 unspecified atom stereocenters. The average molecular weight is 288 g/mol. The zero-order valence-electron chi connectivity index (χ0n) is 11.6. The van der Waals surface area contributed by atoms with Gasteiger partial charge in [-0.05, 0) is 41.5 Å². The number of hydrogen-bond donors (Lipinski definition) is 2. The van der Waals surface area contributed by atoms with Gasteiger partial charge in [-0.1, -0.05) is 19.4 Å². The molecule has 2 rings (SSSR count). The van der Waals surface area contributed by atoms with Gasteiger partial charge in [-0.3, -0.25) is 0 Å². The van der Waals surface area contributed by atoms with Crippen molar-refractivity contribution in [1.29, 1.82) is 0 Å². The van der Waals surface area contributed by atoms with Crippen LogP contribution < -0.4 is 4.74 Å². The molecule has 0 aromatic heterocycles. The van der Waals surface area contributed by atoms with Gasteiger partial charge in [-0.2, -0.15) is 0 Å². The van der Waals surface area contributed by atoms with E-state index in [0.29, 0.717) is 17.7 Å². The number of hydrogen-bond acceptors (Lipinski definition) is 3. The zero-order chi connectivity index (χ0) is 15.4. The van der Waals surface area contributed by atoms with Gasteiger partial charge in [-0.15, -0.1) is 0 Å². The number of rotatable bonds is 6. The minimum absolute atomic E-state index is 0.0427. The van der Waals surface area contributed by atoms with E-state index in [2.05, 4.69) is 0 Å². The number of aromatic carboxylic acids is 2. The Kier molecular flexibility index (Phi) is 4.42. The molecule has 21 heavy (non-hydrogen) atoms. The first-order valence-corrected chi connectivity index (χ1v) is 6.70. The van der Waals surface area contributed by atoms with Crippen LogP contribution in [0, 0.1) is 0 Å². The number of unbranched alkanes of at least 4 members (excludes halogenated alkanes) is 1. The van der Waals surface area contributed by atoms with Crippen molar-refractivity contribution in [3.8, 4) is 5.75 Å². The molecule has 0 spiro atoms. The molecule has 0 atom stereocenters. The summed E-state index contributed by atoms with van der Waals surface area (Å²) in [5.74, 6) is -1.83. The highest BCUT2D eigenvalue weighted by Gasteiger charge is 2.14. The fraction of sp³-hybridized carbons (Fsp3) is 0.250. The summed E-state index contributed by atoms with van der Waals surface area (Å²) in [4.78, 5) is 22.3. The Morgan fingerprint density at radius 1 is 1.05 bits per heavy atom. The van der Waals surface area contributed by atoms with Crippen LogP contribution in [-0.2, 0) is 0 Å². The van der Waals surface area contributed by atoms with Crippen LogP contribution in [0.4, 0.5) is 0 Å². The van der Waals surface area contributed by atoms with E-state index < -0.39 is 11.9 Å². The van der Waals surface area contributed by atoms with Crippen LogP contribution in [0.1, 0.15) is 40.5 Å². The highest BCUT2D eigenvalue weighted by Crippen LogP contribution is 2.27. The number of fused-ring (bicyclic) bond motifs is 1. The third-order valence-corrected chi connectivity index (χ3v) is 3.17. The van der Waals surface area contributed by atoms with E-state index >= 15 is 0 Å². The van der Waals surface area contributed by atoms with Crippen LogP contribution in [0.15, 0.2) is 30.3 Å². The Morgan fingerprint density at radius 3 is 2.43 bits per heavy atom. The summed E-state index contributed by atoms with van der Waals surface area (Å²) in [5, 5.41) is 19.6. The summed E-state index contributed by atoms with van der Waals surface area (Å²) in [5.41, 5.74) is 0.166. The Morgan fingerprint density at radius 2 is 1.81 bits per heavy atom. The summed E-state index contributed by atoms with van der Waals surface area (Å²) in [6.45, 7) is 2.48. The summed E-state index contributed by atoms with van der Waals surface area (Å²) >= 11 is 0. The maximum absolute atomic E-state index is 11.3. The average Bonchev–Trinajstić information content (AvgIpc) is 2.46. The number of ether oxygens (including phenoxy) is 1. The Hall–Kier alpha value is -2.56. The third-order valence-electron chi connectivity index (χ3n) is 3.17. The molecule has 0 saturated heterocycles. The largest absolute Gasteiger partial charge is 0.493 e. The molecular formula is C16H16O5. The molecule has 0 aliphatic heterocycles. The van der Waals surface area contributed by atoms with Crippen LogP contribution in [0.5, 0.6) is 5.75 Å². The van der Waals surface area contributed by atoms with Crippen molar-refractivity contribution in [3.63, 3.8) is 0 Å². The van der Waals surface area contributed by atoms with E-state index in [1.807, 2.05) is 6.92 Å². The second-order valence-corrected chi connectivity index (χ2v) is 4.72. The molecule has 0 amide bonds. The van der Waals surface area contributed by atoms with E-state index in [1.165, 1.54) is 18.2 Å². The maximum Gasteiger partial charge on any atom is 0.339 e. The lowest BCUT2D eigenvalue weighted by atomic mass is 10.0. The van der Waals surface area contributed by atoms with E-state index in [-0.39, 0.29) is 11.1 Å². The first kappa shape index (κ1) is 14.8. The molecule has 5 nitrogen and oxygen atoms in total. The van der Waals surface area contributed by atoms with Gasteiger partial charge in [0.05, 0.1) is 12.2 Å². The number of benzene rings is 2. The van der Waals surface area contributed by atoms with Crippen LogP contribution in [0.25, 0.3) is 10.8 Å². The number of carbonyl (C=O) groups is 2. The van der Waals surface area contributed by atoms with Gasteiger partial charge in [0.15, 0.2) is 0 Å². The number of carboxylic acid groups (broad SMARTS) is 2. The molecule has 0 aliphatic rings. The van der Waals surface area contributed by atoms with E-state index in [9.17, 15) is 14.7 Å². The van der Waals surface area contributed by atoms with E-state index in [0.717, 1.165) is 18.2 Å². The quantitative estimate of drug-likeness (QED) is 0.796. The Labute approximate surface area is 121 Å². The summed E-state index contributed by atoms with van der Waals surface area (Å²) < 4.78 is 5.53. The van der Waals surface area contributed by atoms with Gasteiger partial charge in [-0.25, -0.2) is 9.59 Å². The van der Waals surface area contributed by atoms with Crippen molar-refractivity contribution < 1.29 is 24.5 Å². The molecule has 2 aromatic carbocycles. The molecule has 110 valence electrons. The van der Waals surface area contributed by atoms with Gasteiger partial charge in [0, 0.05) is 0 Å². The van der Waals surface area contributed by atoms with E-state index in [4.69, 9.17) is 9.84 Å². The molecule has 0 saturated carbocycles. The zero-order valence-corrected chi connectivity index (χ0v) is 11.6. The first-order chi connectivity index (χ1) is 10.0. The molecule has 5 heteroatoms. The lowest BCUT2D eigenvalue weighted by Crippen LogP contribution is -2.05. The summed E-state index contributed by atoms with van der Waals surface area (Å²) in [6.07, 6.45) is 1.80. The van der Waals surface area contributed by atoms with Crippen molar-refractivity contribution in [1.82, 2.24) is 0 Å². The minimum Gasteiger partial charge on any atom is -0.493 e. The fourth-order valence-corrected chi connectivity index (χ4v) is 2.02. The van der Waals surface area contributed by atoms with Crippen LogP contribution in [0.3, 0.4) is 0 Å². The standard InChI is InChI=1S/C16H16O5/c1-2-3-6-21-14-9-10-4-5-11(15(17)18)7-12(10)8-13(14)16(19)20/h4-5,7-9H,2-3,6H2,1H3,(H,17,18)(H,19,20). The van der Waals surface area contributed by atoms with Crippen molar-refractivity contribution >= 4 is 22.7 Å². The second kappa shape index (κ2) is 6.26. The first-order valence-electron chi connectivity index (χ1n) is 6.70. The summed E-state index contributed by atoms with van der Waals surface area (Å²) in [7, 11) is 0. The van der Waals surface area contributed by atoms with Crippen molar-refractivity contribution in [3.05, 3.63) is 41.5 Å². The lowest BCUT2D eigenvalue weighted by Gasteiger charge is -2.10. The highest BCUT2D eigenvalue weighted by molar-refractivity contribution is 6.00. The monoisotopic (exact) mass is 288 g/mol. The summed E-state index contributed by atoms with van der Waals surface area (Å²) in [6, 6.07) is 7.68. The van der Waals surface area contributed by atoms with Crippen LogP contribution in [-0.4, -0.2) is 28.8 Å². The van der Waals surface area contributed by atoms with Gasteiger partial charge >= 0.3 is 11.9 Å². The SMILES string of the molecule is CCCCOc1cc2ccc(C(=O)O)cc2cc1C(=O)O. The van der Waals surface area contributed by atoms with Crippen LogP contribution in [0.2, 0.25) is 0 Å². The smallest absolute Gasteiger partial charge is 0.339 e. The predicted molar refractivity (Wildman–Crippen MR) is 78.3 cm³/mol. The van der Waals surface area contributed by atoms with Crippen molar-refractivity contribution in [2.45, 2.75) is 19.8 Å². The second-order valence-electron chi connectivity index (χ2n) is 4.72. The molecule has 0 fully saturated rings. The molecule has 0 bridgehead atoms. The Bertz CT molecular complexity index is 690. The van der Waals surface area contributed by atoms with Gasteiger partial charge in [0.1, 0.15) is 11.3 Å². The predicted octanol–water partition coefficient (Wildman–Crippen LogP) is 3.42. The van der Waals surface area contributed by atoms with Crippen LogP contribution >= 0.6 is 0 Å². The Balaban J connectivity index is 2.48. The number of carboxylic acids is 2. The molecule has 0 aliphatic carbocycles. The molecule has 2 aromatic rings. The molecule has 0 radical (unpaired) electrons. The minimum atomic E-state index is -1.09. The molecular weight excluding hydrogens is 272 g/mol. The van der Waals surface area contributed by atoms with Crippen molar-refractivity contribution in [2.75, 3.05) is 6.61 Å². The van der Waals surface area contributed by atoms with Gasteiger partial charge in [0.25, 0.3) is 0 Å². The topological polar surface area (TPSA) is 83.8 Å². The van der Waals surface area contributed by atoms with Gasteiger partial charge in [0.2, 0.25) is 0 Å². The maximum atomic E-state index is 11.3. The normalized spacial score (nSPS) is 10.5. The fourth-order valence-electron chi connectivity index (χ4n) is 2.02. The third kappa shape index (κ3) is 3.31. The lowest BCUT2D eigenvalue weighted by molar-refractivity contribution is 0.0684. The molecule has 2 N–H and O–H groups in total. The van der Waals surface area contributed by atoms with Gasteiger partial charge < -0.3 is 14.9 Å². The highest BCUT2D eigenvalue weighted by atomic mass is 16.5. The molecule has 0 heterocycles.